The summed E-state index contributed by atoms with van der Waals surface area (Å²) in [5, 5.41) is 0. The van der Waals surface area contributed by atoms with E-state index >= 15 is 0 Å². The molecule has 2 N–H and O–H groups in total. The van der Waals surface area contributed by atoms with Gasteiger partial charge in [-0.05, 0) is 30.7 Å². The zero-order valence-electron chi connectivity index (χ0n) is 19.8. The van der Waals surface area contributed by atoms with E-state index in [-0.39, 0.29) is 12.3 Å². The standard InChI is InChI=1S/C25H44N2O3S/c1-3-4-5-6-7-8-9-10-11-12-13-14-15-16-17-18-25(28)27(31(2,29)30)24-21-19-23(26)20-22-24/h19-22H,3-18,26H2,1-2H3. The average Bonchev–Trinajstić information content (AvgIpc) is 2.71. The number of benzene rings is 1. The van der Waals surface area contributed by atoms with Crippen molar-refractivity contribution in [2.45, 2.75) is 110 Å². The molecule has 0 aliphatic carbocycles. The number of nitrogens with two attached hydrogens (primary N) is 1. The van der Waals surface area contributed by atoms with E-state index < -0.39 is 10.0 Å². The van der Waals surface area contributed by atoms with Gasteiger partial charge in [-0.2, -0.15) is 0 Å². The number of hydrogen-bond donors (Lipinski definition) is 1. The van der Waals surface area contributed by atoms with Gasteiger partial charge < -0.3 is 5.73 Å². The van der Waals surface area contributed by atoms with Gasteiger partial charge in [0.25, 0.3) is 0 Å². The normalized spacial score (nSPS) is 11.5. The van der Waals surface area contributed by atoms with Gasteiger partial charge >= 0.3 is 0 Å². The second kappa shape index (κ2) is 16.1. The lowest BCUT2D eigenvalue weighted by Gasteiger charge is -2.20. The summed E-state index contributed by atoms with van der Waals surface area (Å²) < 4.78 is 25.1. The van der Waals surface area contributed by atoms with Crippen molar-refractivity contribution >= 4 is 27.3 Å². The molecule has 1 aromatic carbocycles. The molecule has 0 radical (unpaired) electrons. The quantitative estimate of drug-likeness (QED) is 0.196. The summed E-state index contributed by atoms with van der Waals surface area (Å²) in [6, 6.07) is 6.35. The third kappa shape index (κ3) is 12.8. The lowest BCUT2D eigenvalue weighted by molar-refractivity contribution is -0.117. The highest BCUT2D eigenvalue weighted by Gasteiger charge is 2.24. The zero-order chi connectivity index (χ0) is 23.0. The zero-order valence-corrected chi connectivity index (χ0v) is 20.6. The fraction of sp³-hybridized carbons (Fsp3) is 0.720. The van der Waals surface area contributed by atoms with Crippen molar-refractivity contribution in [1.82, 2.24) is 0 Å². The van der Waals surface area contributed by atoms with Crippen LogP contribution < -0.4 is 10.0 Å². The maximum absolute atomic E-state index is 12.5. The number of sulfonamides is 1. The first-order valence-corrected chi connectivity index (χ1v) is 14.1. The number of carbonyl (C=O) groups excluding carboxylic acids is 1. The molecule has 0 saturated carbocycles. The van der Waals surface area contributed by atoms with Crippen molar-refractivity contribution in [3.63, 3.8) is 0 Å². The van der Waals surface area contributed by atoms with Crippen LogP contribution in [-0.2, 0) is 14.8 Å². The number of nitrogen functional groups attached to an aromatic ring is 1. The van der Waals surface area contributed by atoms with Crippen molar-refractivity contribution in [2.24, 2.45) is 0 Å². The van der Waals surface area contributed by atoms with Gasteiger partial charge in [0.15, 0.2) is 0 Å². The van der Waals surface area contributed by atoms with Crippen LogP contribution in [0.25, 0.3) is 0 Å². The molecule has 0 saturated heterocycles. The van der Waals surface area contributed by atoms with Crippen LogP contribution in [-0.4, -0.2) is 20.6 Å². The smallest absolute Gasteiger partial charge is 0.240 e. The maximum atomic E-state index is 12.5. The van der Waals surface area contributed by atoms with E-state index in [0.29, 0.717) is 11.4 Å². The lowest BCUT2D eigenvalue weighted by atomic mass is 10.0. The van der Waals surface area contributed by atoms with Gasteiger partial charge in [0.05, 0.1) is 11.9 Å². The van der Waals surface area contributed by atoms with Gasteiger partial charge in [-0.25, -0.2) is 12.7 Å². The molecular weight excluding hydrogens is 408 g/mol. The van der Waals surface area contributed by atoms with E-state index in [2.05, 4.69) is 6.92 Å². The molecular formula is C25H44N2O3S. The third-order valence-electron chi connectivity index (χ3n) is 5.68. The van der Waals surface area contributed by atoms with Crippen molar-refractivity contribution in [3.05, 3.63) is 24.3 Å². The monoisotopic (exact) mass is 452 g/mol. The minimum Gasteiger partial charge on any atom is -0.399 e. The fourth-order valence-electron chi connectivity index (χ4n) is 3.88. The minimum absolute atomic E-state index is 0.246. The van der Waals surface area contributed by atoms with Crippen molar-refractivity contribution in [3.8, 4) is 0 Å². The summed E-state index contributed by atoms with van der Waals surface area (Å²) >= 11 is 0. The molecule has 1 amide bonds. The molecule has 5 nitrogen and oxygen atoms in total. The first-order valence-electron chi connectivity index (χ1n) is 12.2. The molecule has 0 aromatic heterocycles. The number of anilines is 2. The van der Waals surface area contributed by atoms with E-state index in [9.17, 15) is 13.2 Å². The van der Waals surface area contributed by atoms with Gasteiger partial charge in [0.2, 0.25) is 15.9 Å². The van der Waals surface area contributed by atoms with Crippen LogP contribution in [0, 0.1) is 0 Å². The Morgan fingerprint density at radius 2 is 1.13 bits per heavy atom. The molecule has 0 aliphatic rings. The molecule has 0 aliphatic heterocycles. The van der Waals surface area contributed by atoms with Crippen LogP contribution in [0.5, 0.6) is 0 Å². The Bertz CT molecular complexity index is 702. The van der Waals surface area contributed by atoms with Gasteiger partial charge in [0.1, 0.15) is 0 Å². The fourth-order valence-corrected chi connectivity index (χ4v) is 4.85. The van der Waals surface area contributed by atoms with Crippen LogP contribution >= 0.6 is 0 Å². The highest BCUT2D eigenvalue weighted by Crippen LogP contribution is 2.21. The molecule has 6 heteroatoms. The Labute approximate surface area is 190 Å². The van der Waals surface area contributed by atoms with Crippen LogP contribution in [0.1, 0.15) is 110 Å². The summed E-state index contributed by atoms with van der Waals surface area (Å²) in [6.45, 7) is 2.26. The number of carbonyl (C=O) groups is 1. The van der Waals surface area contributed by atoms with Crippen molar-refractivity contribution in [1.29, 1.82) is 0 Å². The average molecular weight is 453 g/mol. The van der Waals surface area contributed by atoms with Crippen LogP contribution in [0.2, 0.25) is 0 Å². The molecule has 0 spiro atoms. The first kappa shape index (κ1) is 27.5. The van der Waals surface area contributed by atoms with Crippen LogP contribution in [0.4, 0.5) is 11.4 Å². The predicted molar refractivity (Wildman–Crippen MR) is 133 cm³/mol. The Kier molecular flexibility index (Phi) is 14.3. The number of nitrogens with zero attached hydrogens (tertiary/aromatic N) is 1. The number of amides is 1. The van der Waals surface area contributed by atoms with Gasteiger partial charge in [-0.3, -0.25) is 4.79 Å². The molecule has 31 heavy (non-hydrogen) atoms. The first-order chi connectivity index (χ1) is 14.9. The van der Waals surface area contributed by atoms with E-state index in [1.54, 1.807) is 24.3 Å². The van der Waals surface area contributed by atoms with Crippen LogP contribution in [0.3, 0.4) is 0 Å². The Balaban J connectivity index is 2.10. The minimum atomic E-state index is -3.66. The largest absolute Gasteiger partial charge is 0.399 e. The molecule has 0 heterocycles. The highest BCUT2D eigenvalue weighted by molar-refractivity contribution is 7.92. The number of unbranched alkanes of at least 4 members (excludes halogenated alkanes) is 14. The Hall–Kier alpha value is -1.56. The molecule has 0 bridgehead atoms. The molecule has 0 fully saturated rings. The molecule has 0 atom stereocenters. The summed E-state index contributed by atoms with van der Waals surface area (Å²) in [5.41, 5.74) is 6.54. The van der Waals surface area contributed by atoms with E-state index in [4.69, 9.17) is 5.73 Å². The van der Waals surface area contributed by atoms with Gasteiger partial charge in [-0.1, -0.05) is 96.8 Å². The third-order valence-corrected chi connectivity index (χ3v) is 6.76. The summed E-state index contributed by atoms with van der Waals surface area (Å²) in [6.07, 6.45) is 20.2. The molecule has 178 valence electrons. The van der Waals surface area contributed by atoms with Crippen molar-refractivity contribution < 1.29 is 13.2 Å². The number of rotatable bonds is 18. The number of hydrogen-bond acceptors (Lipinski definition) is 4. The van der Waals surface area contributed by atoms with Gasteiger partial charge in [0, 0.05) is 12.1 Å². The summed E-state index contributed by atoms with van der Waals surface area (Å²) in [4.78, 5) is 12.5. The molecule has 0 unspecified atom stereocenters. The highest BCUT2D eigenvalue weighted by atomic mass is 32.2. The molecule has 1 aromatic rings. The Morgan fingerprint density at radius 3 is 1.52 bits per heavy atom. The topological polar surface area (TPSA) is 80.5 Å². The second-order valence-electron chi connectivity index (χ2n) is 8.71. The van der Waals surface area contributed by atoms with Gasteiger partial charge in [-0.15, -0.1) is 0 Å². The summed E-state index contributed by atoms with van der Waals surface area (Å²) in [5.74, 6) is -0.373. The summed E-state index contributed by atoms with van der Waals surface area (Å²) in [7, 11) is -3.66. The van der Waals surface area contributed by atoms with E-state index in [1.807, 2.05) is 0 Å². The SMILES string of the molecule is CCCCCCCCCCCCCCCCCC(=O)N(c1ccc(N)cc1)S(C)(=O)=O. The predicted octanol–water partition coefficient (Wildman–Crippen LogP) is 6.82. The van der Waals surface area contributed by atoms with E-state index in [1.165, 1.54) is 77.0 Å². The Morgan fingerprint density at radius 1 is 0.742 bits per heavy atom. The van der Waals surface area contributed by atoms with Crippen molar-refractivity contribution in [2.75, 3.05) is 16.3 Å². The maximum Gasteiger partial charge on any atom is 0.240 e. The van der Waals surface area contributed by atoms with Crippen LogP contribution in [0.15, 0.2) is 24.3 Å². The molecule has 1 rings (SSSR count). The van der Waals surface area contributed by atoms with E-state index in [0.717, 1.165) is 29.8 Å². The lowest BCUT2D eigenvalue weighted by Crippen LogP contribution is -2.36. The second-order valence-corrected chi connectivity index (χ2v) is 10.5.